The van der Waals surface area contributed by atoms with E-state index in [1.54, 1.807) is 17.5 Å². The highest BCUT2D eigenvalue weighted by atomic mass is 32.1. The quantitative estimate of drug-likeness (QED) is 0.574. The Bertz CT molecular complexity index is 1000. The summed E-state index contributed by atoms with van der Waals surface area (Å²) in [6.45, 7) is 1.60. The summed E-state index contributed by atoms with van der Waals surface area (Å²) in [6, 6.07) is 7.82. The standard InChI is InChI=1S/C22H23N3O3S/c26-21(12-15-4-5-20(24-13-15)27-16-2-1-3-16)28-17-7-10-25(14-17)19-6-9-23-18-8-11-29-22(18)19/h4-6,8-9,11,13,16-17H,1-3,7,10,12,14H2. The number of carbonyl (C=O) groups is 1. The van der Waals surface area contributed by atoms with E-state index in [1.807, 2.05) is 30.5 Å². The molecule has 5 rings (SSSR count). The normalized spacial score (nSPS) is 19.3. The Hall–Kier alpha value is -2.67. The van der Waals surface area contributed by atoms with Crippen molar-refractivity contribution in [1.82, 2.24) is 9.97 Å². The molecule has 1 unspecified atom stereocenters. The van der Waals surface area contributed by atoms with Crippen LogP contribution in [0.15, 0.2) is 42.0 Å². The number of fused-ring (bicyclic) bond motifs is 1. The third-order valence-corrected chi connectivity index (χ3v) is 6.52. The van der Waals surface area contributed by atoms with E-state index in [4.69, 9.17) is 9.47 Å². The Labute approximate surface area is 173 Å². The molecule has 3 aromatic rings. The fourth-order valence-electron chi connectivity index (χ4n) is 3.79. The predicted molar refractivity (Wildman–Crippen MR) is 113 cm³/mol. The minimum atomic E-state index is -0.206. The molecule has 1 aliphatic heterocycles. The van der Waals surface area contributed by atoms with Gasteiger partial charge in [-0.25, -0.2) is 4.98 Å². The first kappa shape index (κ1) is 18.4. The fourth-order valence-corrected chi connectivity index (χ4v) is 4.68. The monoisotopic (exact) mass is 409 g/mol. The van der Waals surface area contributed by atoms with Gasteiger partial charge in [0.15, 0.2) is 0 Å². The molecule has 6 nitrogen and oxygen atoms in total. The van der Waals surface area contributed by atoms with Gasteiger partial charge in [-0.05, 0) is 42.3 Å². The van der Waals surface area contributed by atoms with E-state index in [-0.39, 0.29) is 18.5 Å². The number of hydrogen-bond acceptors (Lipinski definition) is 7. The van der Waals surface area contributed by atoms with Crippen LogP contribution in [-0.4, -0.2) is 41.2 Å². The number of nitrogens with zero attached hydrogens (tertiary/aromatic N) is 3. The Morgan fingerprint density at radius 3 is 2.86 bits per heavy atom. The molecule has 3 aromatic heterocycles. The average Bonchev–Trinajstić information content (AvgIpc) is 3.35. The van der Waals surface area contributed by atoms with Crippen molar-refractivity contribution in [3.63, 3.8) is 0 Å². The van der Waals surface area contributed by atoms with Crippen LogP contribution in [0.4, 0.5) is 5.69 Å². The summed E-state index contributed by atoms with van der Waals surface area (Å²) in [5.41, 5.74) is 3.04. The van der Waals surface area contributed by atoms with E-state index >= 15 is 0 Å². The van der Waals surface area contributed by atoms with Crippen molar-refractivity contribution in [3.8, 4) is 5.88 Å². The molecule has 0 bridgehead atoms. The molecule has 0 spiro atoms. The maximum absolute atomic E-state index is 12.4. The minimum Gasteiger partial charge on any atom is -0.474 e. The van der Waals surface area contributed by atoms with Gasteiger partial charge >= 0.3 is 5.97 Å². The molecular weight excluding hydrogens is 386 g/mol. The lowest BCUT2D eigenvalue weighted by atomic mass is 9.96. The maximum Gasteiger partial charge on any atom is 0.310 e. The number of ether oxygens (including phenoxy) is 2. The molecule has 0 amide bonds. The van der Waals surface area contributed by atoms with Crippen molar-refractivity contribution < 1.29 is 14.3 Å². The predicted octanol–water partition coefficient (Wildman–Crippen LogP) is 3.99. The maximum atomic E-state index is 12.4. The molecule has 29 heavy (non-hydrogen) atoms. The Kier molecular flexibility index (Phi) is 5.06. The molecule has 0 aromatic carbocycles. The van der Waals surface area contributed by atoms with Crippen LogP contribution in [0, 0.1) is 0 Å². The van der Waals surface area contributed by atoms with Crippen molar-refractivity contribution >= 4 is 33.2 Å². The molecular formula is C22H23N3O3S. The Morgan fingerprint density at radius 1 is 1.14 bits per heavy atom. The van der Waals surface area contributed by atoms with E-state index in [1.165, 1.54) is 16.8 Å². The van der Waals surface area contributed by atoms with E-state index < -0.39 is 0 Å². The van der Waals surface area contributed by atoms with Gasteiger partial charge < -0.3 is 14.4 Å². The van der Waals surface area contributed by atoms with Gasteiger partial charge in [0.25, 0.3) is 0 Å². The smallest absolute Gasteiger partial charge is 0.310 e. The summed E-state index contributed by atoms with van der Waals surface area (Å²) >= 11 is 1.70. The lowest BCUT2D eigenvalue weighted by molar-refractivity contribution is -0.147. The zero-order valence-electron chi connectivity index (χ0n) is 16.1. The van der Waals surface area contributed by atoms with Crippen LogP contribution in [0.5, 0.6) is 5.88 Å². The largest absolute Gasteiger partial charge is 0.474 e. The zero-order chi connectivity index (χ0) is 19.6. The molecule has 7 heteroatoms. The molecule has 150 valence electrons. The van der Waals surface area contributed by atoms with Gasteiger partial charge in [0.1, 0.15) is 12.2 Å². The second-order valence-electron chi connectivity index (χ2n) is 7.66. The van der Waals surface area contributed by atoms with Crippen LogP contribution < -0.4 is 9.64 Å². The zero-order valence-corrected chi connectivity index (χ0v) is 16.9. The number of carbonyl (C=O) groups excluding carboxylic acids is 1. The lowest BCUT2D eigenvalue weighted by Crippen LogP contribution is -2.25. The molecule has 1 saturated carbocycles. The van der Waals surface area contributed by atoms with Crippen LogP contribution in [0.2, 0.25) is 0 Å². The van der Waals surface area contributed by atoms with Crippen LogP contribution in [0.25, 0.3) is 10.2 Å². The first-order chi connectivity index (χ1) is 14.2. The number of rotatable bonds is 6. The topological polar surface area (TPSA) is 64.6 Å². The van der Waals surface area contributed by atoms with Gasteiger partial charge in [-0.1, -0.05) is 6.07 Å². The summed E-state index contributed by atoms with van der Waals surface area (Å²) in [6.07, 6.45) is 8.28. The van der Waals surface area contributed by atoms with Gasteiger partial charge in [0, 0.05) is 31.4 Å². The molecule has 2 fully saturated rings. The second-order valence-corrected chi connectivity index (χ2v) is 8.58. The molecule has 4 heterocycles. The van der Waals surface area contributed by atoms with Crippen molar-refractivity contribution in [3.05, 3.63) is 47.6 Å². The van der Waals surface area contributed by atoms with Crippen molar-refractivity contribution in [2.45, 2.75) is 44.3 Å². The second kappa shape index (κ2) is 7.99. The third kappa shape index (κ3) is 4.05. The van der Waals surface area contributed by atoms with Crippen LogP contribution >= 0.6 is 11.3 Å². The molecule has 1 aliphatic carbocycles. The highest BCUT2D eigenvalue weighted by Crippen LogP contribution is 2.32. The first-order valence-corrected chi connectivity index (χ1v) is 11.0. The first-order valence-electron chi connectivity index (χ1n) is 10.1. The molecule has 1 saturated heterocycles. The van der Waals surface area contributed by atoms with Crippen LogP contribution in [-0.2, 0) is 16.0 Å². The summed E-state index contributed by atoms with van der Waals surface area (Å²) < 4.78 is 12.7. The van der Waals surface area contributed by atoms with Crippen molar-refractivity contribution in [1.29, 1.82) is 0 Å². The summed E-state index contributed by atoms with van der Waals surface area (Å²) in [5, 5.41) is 2.06. The molecule has 0 N–H and O–H groups in total. The third-order valence-electron chi connectivity index (χ3n) is 5.59. The SMILES string of the molecule is O=C(Cc1ccc(OC2CCC2)nc1)OC1CCN(c2ccnc3ccsc23)C1. The Balaban J connectivity index is 1.15. The van der Waals surface area contributed by atoms with E-state index in [9.17, 15) is 4.79 Å². The average molecular weight is 410 g/mol. The number of hydrogen-bond donors (Lipinski definition) is 0. The lowest BCUT2D eigenvalue weighted by Gasteiger charge is -2.25. The number of pyridine rings is 2. The molecule has 0 radical (unpaired) electrons. The van der Waals surface area contributed by atoms with Crippen molar-refractivity contribution in [2.24, 2.45) is 0 Å². The van der Waals surface area contributed by atoms with Crippen LogP contribution in [0.3, 0.4) is 0 Å². The summed E-state index contributed by atoms with van der Waals surface area (Å²) in [7, 11) is 0. The molecule has 2 aliphatic rings. The number of esters is 1. The number of aromatic nitrogens is 2. The number of anilines is 1. The number of thiophene rings is 1. The van der Waals surface area contributed by atoms with Crippen molar-refractivity contribution in [2.75, 3.05) is 18.0 Å². The summed E-state index contributed by atoms with van der Waals surface area (Å²) in [5.74, 6) is 0.429. The van der Waals surface area contributed by atoms with Gasteiger partial charge in [0.05, 0.1) is 28.9 Å². The Morgan fingerprint density at radius 2 is 2.07 bits per heavy atom. The fraction of sp³-hybridized carbons (Fsp3) is 0.409. The van der Waals surface area contributed by atoms with Gasteiger partial charge in [-0.2, -0.15) is 0 Å². The molecule has 1 atom stereocenters. The van der Waals surface area contributed by atoms with E-state index in [0.717, 1.165) is 43.4 Å². The van der Waals surface area contributed by atoms with Gasteiger partial charge in [-0.3, -0.25) is 9.78 Å². The highest BCUT2D eigenvalue weighted by Gasteiger charge is 2.27. The summed E-state index contributed by atoms with van der Waals surface area (Å²) in [4.78, 5) is 23.4. The minimum absolute atomic E-state index is 0.0835. The van der Waals surface area contributed by atoms with E-state index in [0.29, 0.717) is 12.0 Å². The van der Waals surface area contributed by atoms with Gasteiger partial charge in [0.2, 0.25) is 5.88 Å². The highest BCUT2D eigenvalue weighted by molar-refractivity contribution is 7.17. The van der Waals surface area contributed by atoms with Crippen LogP contribution in [0.1, 0.15) is 31.2 Å². The van der Waals surface area contributed by atoms with Gasteiger partial charge in [-0.15, -0.1) is 11.3 Å². The van der Waals surface area contributed by atoms with E-state index in [2.05, 4.69) is 20.2 Å².